The van der Waals surface area contributed by atoms with Gasteiger partial charge in [-0.1, -0.05) is 18.2 Å². The third-order valence-corrected chi connectivity index (χ3v) is 5.15. The molecule has 2 aromatic carbocycles. The van der Waals surface area contributed by atoms with Crippen molar-refractivity contribution in [3.8, 4) is 11.3 Å². The van der Waals surface area contributed by atoms with Gasteiger partial charge in [-0.3, -0.25) is 4.79 Å². The van der Waals surface area contributed by atoms with Crippen LogP contribution in [0.1, 0.15) is 34.9 Å². The average Bonchev–Trinajstić information content (AvgIpc) is 3.13. The summed E-state index contributed by atoms with van der Waals surface area (Å²) >= 11 is 0. The molecule has 1 amide bonds. The van der Waals surface area contributed by atoms with Gasteiger partial charge >= 0.3 is 0 Å². The zero-order chi connectivity index (χ0) is 19.7. The fourth-order valence-electron chi connectivity index (χ4n) is 3.69. The van der Waals surface area contributed by atoms with Gasteiger partial charge in [0.15, 0.2) is 0 Å². The van der Waals surface area contributed by atoms with Crippen LogP contribution in [-0.2, 0) is 6.54 Å². The van der Waals surface area contributed by atoms with Crippen molar-refractivity contribution in [3.05, 3.63) is 71.9 Å². The number of imidazole rings is 1. The minimum Gasteiger partial charge on any atom is -0.378 e. The first-order valence-corrected chi connectivity index (χ1v) is 9.42. The lowest BCUT2D eigenvalue weighted by atomic mass is 9.98. The van der Waals surface area contributed by atoms with Gasteiger partial charge in [0.25, 0.3) is 5.91 Å². The van der Waals surface area contributed by atoms with Crippen LogP contribution in [-0.4, -0.2) is 29.6 Å². The van der Waals surface area contributed by atoms with E-state index in [0.29, 0.717) is 5.56 Å². The first-order valence-electron chi connectivity index (χ1n) is 9.42. The van der Waals surface area contributed by atoms with E-state index in [1.165, 1.54) is 12.1 Å². The number of benzene rings is 2. The highest BCUT2D eigenvalue weighted by atomic mass is 19.1. The van der Waals surface area contributed by atoms with Crippen molar-refractivity contribution < 1.29 is 9.18 Å². The van der Waals surface area contributed by atoms with Crippen molar-refractivity contribution in [2.24, 2.45) is 0 Å². The predicted molar refractivity (Wildman–Crippen MR) is 108 cm³/mol. The van der Waals surface area contributed by atoms with Crippen LogP contribution < -0.4 is 10.2 Å². The predicted octanol–water partition coefficient (Wildman–Crippen LogP) is 4.02. The highest BCUT2D eigenvalue weighted by molar-refractivity contribution is 5.94. The number of fused-ring (bicyclic) bond motifs is 1. The third kappa shape index (κ3) is 3.50. The van der Waals surface area contributed by atoms with Crippen LogP contribution in [0.25, 0.3) is 11.3 Å². The Kier molecular flexibility index (Phi) is 4.86. The van der Waals surface area contributed by atoms with E-state index in [-0.39, 0.29) is 11.9 Å². The summed E-state index contributed by atoms with van der Waals surface area (Å²) in [6.07, 6.45) is 3.62. The van der Waals surface area contributed by atoms with Crippen LogP contribution in [0.4, 0.5) is 10.1 Å². The van der Waals surface area contributed by atoms with Crippen LogP contribution in [0.5, 0.6) is 0 Å². The Hall–Kier alpha value is -3.15. The molecule has 0 radical (unpaired) electrons. The van der Waals surface area contributed by atoms with E-state index in [2.05, 4.69) is 44.0 Å². The topological polar surface area (TPSA) is 50.2 Å². The molecule has 1 aliphatic heterocycles. The van der Waals surface area contributed by atoms with Crippen molar-refractivity contribution in [2.75, 3.05) is 19.0 Å². The van der Waals surface area contributed by atoms with Gasteiger partial charge in [-0.2, -0.15) is 0 Å². The second-order valence-electron chi connectivity index (χ2n) is 7.29. The normalized spacial score (nSPS) is 15.8. The number of aryl methyl sites for hydroxylation is 1. The summed E-state index contributed by atoms with van der Waals surface area (Å²) in [6.45, 7) is 0.879. The molecule has 0 saturated heterocycles. The average molecular weight is 378 g/mol. The number of anilines is 1. The minimum absolute atomic E-state index is 0.157. The lowest BCUT2D eigenvalue weighted by molar-refractivity contribution is 0.0929. The molecule has 5 nitrogen and oxygen atoms in total. The van der Waals surface area contributed by atoms with Crippen LogP contribution in [0, 0.1) is 5.82 Å². The first kappa shape index (κ1) is 18.2. The number of rotatable bonds is 4. The Morgan fingerprint density at radius 2 is 2.00 bits per heavy atom. The standard InChI is InChI=1S/C22H23FN4O/c1-26(2)18-10-8-15(9-11-18)20-21-19(7-4-12-27(21)14-24-20)25-22(28)16-5-3-6-17(23)13-16/h3,5-6,8-11,13-14,19H,4,7,12H2,1-2H3,(H,25,28)/t19-/m1/s1. The first-order chi connectivity index (χ1) is 13.5. The van der Waals surface area contributed by atoms with E-state index in [1.807, 2.05) is 20.4 Å². The monoisotopic (exact) mass is 378 g/mol. The fraction of sp³-hybridized carbons (Fsp3) is 0.273. The number of nitrogens with one attached hydrogen (secondary N) is 1. The molecule has 28 heavy (non-hydrogen) atoms. The SMILES string of the molecule is CN(C)c1ccc(-c2ncn3c2[C@H](NC(=O)c2cccc(F)c2)CCC3)cc1. The molecule has 3 aromatic rings. The van der Waals surface area contributed by atoms with E-state index in [0.717, 1.165) is 42.0 Å². The number of aromatic nitrogens is 2. The zero-order valence-corrected chi connectivity index (χ0v) is 16.0. The molecule has 0 fully saturated rings. The summed E-state index contributed by atoms with van der Waals surface area (Å²) in [5.41, 5.74) is 4.36. The number of hydrogen-bond acceptors (Lipinski definition) is 3. The molecule has 0 aliphatic carbocycles. The second kappa shape index (κ2) is 7.46. The molecule has 1 aromatic heterocycles. The summed E-state index contributed by atoms with van der Waals surface area (Å²) in [5.74, 6) is -0.684. The number of carbonyl (C=O) groups is 1. The van der Waals surface area contributed by atoms with Gasteiger partial charge in [0.2, 0.25) is 0 Å². The molecule has 0 unspecified atom stereocenters. The van der Waals surface area contributed by atoms with Gasteiger partial charge in [-0.25, -0.2) is 9.37 Å². The van der Waals surface area contributed by atoms with Crippen LogP contribution in [0.2, 0.25) is 0 Å². The molecule has 1 aliphatic rings. The Morgan fingerprint density at radius 3 is 2.71 bits per heavy atom. The molecule has 2 heterocycles. The van der Waals surface area contributed by atoms with Gasteiger partial charge in [-0.15, -0.1) is 0 Å². The molecule has 144 valence electrons. The molecule has 4 rings (SSSR count). The molecule has 0 saturated carbocycles. The summed E-state index contributed by atoms with van der Waals surface area (Å²) in [7, 11) is 4.01. The van der Waals surface area contributed by atoms with Crippen LogP contribution in [0.3, 0.4) is 0 Å². The number of hydrogen-bond donors (Lipinski definition) is 1. The van der Waals surface area contributed by atoms with Gasteiger partial charge < -0.3 is 14.8 Å². The van der Waals surface area contributed by atoms with Crippen LogP contribution >= 0.6 is 0 Å². The van der Waals surface area contributed by atoms with E-state index >= 15 is 0 Å². The summed E-state index contributed by atoms with van der Waals surface area (Å²) < 4.78 is 15.6. The van der Waals surface area contributed by atoms with Gasteiger partial charge in [0.1, 0.15) is 5.82 Å². The highest BCUT2D eigenvalue weighted by Gasteiger charge is 2.27. The Morgan fingerprint density at radius 1 is 1.21 bits per heavy atom. The van der Waals surface area contributed by atoms with Gasteiger partial charge in [0.05, 0.1) is 23.8 Å². The number of halogens is 1. The van der Waals surface area contributed by atoms with Crippen molar-refractivity contribution in [1.29, 1.82) is 0 Å². The number of carbonyl (C=O) groups excluding carboxylic acids is 1. The summed E-state index contributed by atoms with van der Waals surface area (Å²) in [5, 5.41) is 3.07. The van der Waals surface area contributed by atoms with E-state index < -0.39 is 5.82 Å². The fourth-order valence-corrected chi connectivity index (χ4v) is 3.69. The van der Waals surface area contributed by atoms with Crippen molar-refractivity contribution in [1.82, 2.24) is 14.9 Å². The maximum absolute atomic E-state index is 13.5. The van der Waals surface area contributed by atoms with Crippen molar-refractivity contribution >= 4 is 11.6 Å². The maximum atomic E-state index is 13.5. The molecule has 0 spiro atoms. The number of amides is 1. The molecule has 0 bridgehead atoms. The lowest BCUT2D eigenvalue weighted by Crippen LogP contribution is -2.32. The van der Waals surface area contributed by atoms with E-state index in [1.54, 1.807) is 12.1 Å². The van der Waals surface area contributed by atoms with Crippen molar-refractivity contribution in [2.45, 2.75) is 25.4 Å². The Balaban J connectivity index is 1.63. The molecular formula is C22H23FN4O. The molecule has 1 N–H and O–H groups in total. The van der Waals surface area contributed by atoms with E-state index in [9.17, 15) is 9.18 Å². The Bertz CT molecular complexity index is 994. The highest BCUT2D eigenvalue weighted by Crippen LogP contribution is 2.34. The smallest absolute Gasteiger partial charge is 0.251 e. The van der Waals surface area contributed by atoms with Crippen molar-refractivity contribution in [3.63, 3.8) is 0 Å². The van der Waals surface area contributed by atoms with Gasteiger partial charge in [0, 0.05) is 37.5 Å². The quantitative estimate of drug-likeness (QED) is 0.746. The zero-order valence-electron chi connectivity index (χ0n) is 16.0. The molecule has 1 atom stereocenters. The largest absolute Gasteiger partial charge is 0.378 e. The lowest BCUT2D eigenvalue weighted by Gasteiger charge is -2.26. The minimum atomic E-state index is -0.414. The van der Waals surface area contributed by atoms with Crippen LogP contribution in [0.15, 0.2) is 54.9 Å². The summed E-state index contributed by atoms with van der Waals surface area (Å²) in [4.78, 5) is 19.3. The van der Waals surface area contributed by atoms with Gasteiger partial charge in [-0.05, 0) is 43.2 Å². The Labute approximate surface area is 163 Å². The summed E-state index contributed by atoms with van der Waals surface area (Å²) in [6, 6.07) is 13.8. The third-order valence-electron chi connectivity index (χ3n) is 5.15. The van der Waals surface area contributed by atoms with E-state index in [4.69, 9.17) is 0 Å². The second-order valence-corrected chi connectivity index (χ2v) is 7.29. The maximum Gasteiger partial charge on any atom is 0.251 e. The molecular weight excluding hydrogens is 355 g/mol. The number of nitrogens with zero attached hydrogens (tertiary/aromatic N) is 3. The molecule has 6 heteroatoms.